The van der Waals surface area contributed by atoms with Gasteiger partial charge >= 0.3 is 0 Å². The van der Waals surface area contributed by atoms with E-state index in [1.807, 2.05) is 0 Å². The van der Waals surface area contributed by atoms with E-state index in [0.29, 0.717) is 12.4 Å². The molecule has 0 spiro atoms. The minimum atomic E-state index is -0.259. The molecule has 15 heavy (non-hydrogen) atoms. The fourth-order valence-electron chi connectivity index (χ4n) is 1.27. The first-order valence-corrected chi connectivity index (χ1v) is 4.60. The molecule has 3 nitrogen and oxygen atoms in total. The second-order valence-corrected chi connectivity index (χ2v) is 3.24. The minimum absolute atomic E-state index is 0.0448. The highest BCUT2D eigenvalue weighted by molar-refractivity contribution is 5.92. The Hall–Kier alpha value is -1.84. The molecule has 1 aliphatic rings. The summed E-state index contributed by atoms with van der Waals surface area (Å²) < 4.78 is 17.6. The van der Waals surface area contributed by atoms with Gasteiger partial charge in [0, 0.05) is 12.6 Å². The van der Waals surface area contributed by atoms with Gasteiger partial charge in [0.15, 0.2) is 18.3 Å². The SMILES string of the molecule is O=C1C=C(NCc2ccc(F)cc2)OC1. The number of carbonyl (C=O) groups is 1. The molecule has 1 N–H and O–H groups in total. The molecule has 1 heterocycles. The Labute approximate surface area is 86.6 Å². The second-order valence-electron chi connectivity index (χ2n) is 3.24. The third-order valence-electron chi connectivity index (χ3n) is 2.04. The number of rotatable bonds is 3. The third-order valence-corrected chi connectivity index (χ3v) is 2.04. The van der Waals surface area contributed by atoms with Gasteiger partial charge in [0.05, 0.1) is 0 Å². The van der Waals surface area contributed by atoms with Crippen LogP contribution in [0, 0.1) is 5.82 Å². The first kappa shape index (κ1) is 9.71. The van der Waals surface area contributed by atoms with E-state index in [-0.39, 0.29) is 18.2 Å². The number of benzene rings is 1. The molecule has 0 aromatic heterocycles. The Bertz CT molecular complexity index is 398. The molecule has 1 aromatic rings. The number of nitrogens with one attached hydrogen (secondary N) is 1. The van der Waals surface area contributed by atoms with Gasteiger partial charge in [-0.25, -0.2) is 4.39 Å². The van der Waals surface area contributed by atoms with E-state index in [4.69, 9.17) is 4.74 Å². The molecular weight excluding hydrogens is 197 g/mol. The van der Waals surface area contributed by atoms with Gasteiger partial charge in [-0.15, -0.1) is 0 Å². The van der Waals surface area contributed by atoms with Gasteiger partial charge in [0.2, 0.25) is 0 Å². The largest absolute Gasteiger partial charge is 0.471 e. The lowest BCUT2D eigenvalue weighted by molar-refractivity contribution is -0.115. The quantitative estimate of drug-likeness (QED) is 0.813. The summed E-state index contributed by atoms with van der Waals surface area (Å²) in [5.41, 5.74) is 0.931. The van der Waals surface area contributed by atoms with Crippen LogP contribution in [-0.2, 0) is 16.1 Å². The third kappa shape index (κ3) is 2.56. The summed E-state index contributed by atoms with van der Waals surface area (Å²) in [5.74, 6) is 0.172. The molecule has 1 aromatic carbocycles. The van der Waals surface area contributed by atoms with Crippen LogP contribution >= 0.6 is 0 Å². The van der Waals surface area contributed by atoms with Crippen molar-refractivity contribution < 1.29 is 13.9 Å². The molecule has 0 bridgehead atoms. The van der Waals surface area contributed by atoms with Gasteiger partial charge in [-0.1, -0.05) is 12.1 Å². The molecule has 78 valence electrons. The van der Waals surface area contributed by atoms with Crippen molar-refractivity contribution in [3.05, 3.63) is 47.6 Å². The van der Waals surface area contributed by atoms with Gasteiger partial charge in [-0.3, -0.25) is 4.79 Å². The van der Waals surface area contributed by atoms with Crippen LogP contribution in [0.3, 0.4) is 0 Å². The number of hydrogen-bond acceptors (Lipinski definition) is 3. The summed E-state index contributed by atoms with van der Waals surface area (Å²) in [4.78, 5) is 10.8. The van der Waals surface area contributed by atoms with Crippen LogP contribution in [0.2, 0.25) is 0 Å². The second kappa shape index (κ2) is 4.13. The zero-order valence-electron chi connectivity index (χ0n) is 8.00. The van der Waals surface area contributed by atoms with Crippen LogP contribution in [0.15, 0.2) is 36.2 Å². The molecule has 0 saturated heterocycles. The molecule has 0 atom stereocenters. The highest BCUT2D eigenvalue weighted by atomic mass is 19.1. The first-order chi connectivity index (χ1) is 7.24. The highest BCUT2D eigenvalue weighted by Gasteiger charge is 2.11. The van der Waals surface area contributed by atoms with Crippen LogP contribution in [0.5, 0.6) is 0 Å². The van der Waals surface area contributed by atoms with E-state index in [0.717, 1.165) is 5.56 Å². The van der Waals surface area contributed by atoms with Crippen molar-refractivity contribution in [2.75, 3.05) is 6.61 Å². The fourth-order valence-corrected chi connectivity index (χ4v) is 1.27. The number of carbonyl (C=O) groups excluding carboxylic acids is 1. The first-order valence-electron chi connectivity index (χ1n) is 4.60. The van der Waals surface area contributed by atoms with E-state index in [9.17, 15) is 9.18 Å². The Balaban J connectivity index is 1.91. The van der Waals surface area contributed by atoms with Crippen molar-refractivity contribution in [1.29, 1.82) is 0 Å². The van der Waals surface area contributed by atoms with Crippen LogP contribution in [-0.4, -0.2) is 12.4 Å². The Morgan fingerprint density at radius 3 is 2.67 bits per heavy atom. The molecule has 0 amide bonds. The molecule has 0 unspecified atom stereocenters. The number of ether oxygens (including phenoxy) is 1. The normalized spacial score (nSPS) is 14.7. The summed E-state index contributed by atoms with van der Waals surface area (Å²) in [7, 11) is 0. The van der Waals surface area contributed by atoms with Crippen molar-refractivity contribution in [2.24, 2.45) is 0 Å². The van der Waals surface area contributed by atoms with E-state index >= 15 is 0 Å². The maximum Gasteiger partial charge on any atom is 0.198 e. The summed E-state index contributed by atoms with van der Waals surface area (Å²) in [5, 5.41) is 2.94. The topological polar surface area (TPSA) is 38.3 Å². The van der Waals surface area contributed by atoms with Crippen LogP contribution in [0.1, 0.15) is 5.56 Å². The lowest BCUT2D eigenvalue weighted by Crippen LogP contribution is -2.12. The Morgan fingerprint density at radius 1 is 1.33 bits per heavy atom. The predicted octanol–water partition coefficient (Wildman–Crippen LogP) is 1.36. The van der Waals surface area contributed by atoms with Crippen LogP contribution in [0.4, 0.5) is 4.39 Å². The van der Waals surface area contributed by atoms with E-state index in [2.05, 4.69) is 5.32 Å². The van der Waals surface area contributed by atoms with Gasteiger partial charge < -0.3 is 10.1 Å². The van der Waals surface area contributed by atoms with Crippen molar-refractivity contribution in [2.45, 2.75) is 6.54 Å². The van der Waals surface area contributed by atoms with Gasteiger partial charge in [-0.05, 0) is 17.7 Å². The highest BCUT2D eigenvalue weighted by Crippen LogP contribution is 2.06. The maximum atomic E-state index is 12.6. The van der Waals surface area contributed by atoms with E-state index < -0.39 is 0 Å². The monoisotopic (exact) mass is 207 g/mol. The van der Waals surface area contributed by atoms with Gasteiger partial charge in [0.25, 0.3) is 0 Å². The van der Waals surface area contributed by atoms with Crippen LogP contribution in [0.25, 0.3) is 0 Å². The fraction of sp³-hybridized carbons (Fsp3) is 0.182. The average molecular weight is 207 g/mol. The number of hydrogen-bond donors (Lipinski definition) is 1. The molecule has 4 heteroatoms. The molecule has 0 fully saturated rings. The number of ketones is 1. The summed E-state index contributed by atoms with van der Waals surface area (Å²) in [6.45, 7) is 0.616. The summed E-state index contributed by atoms with van der Waals surface area (Å²) in [6.07, 6.45) is 1.42. The zero-order chi connectivity index (χ0) is 10.7. The predicted molar refractivity (Wildman–Crippen MR) is 52.3 cm³/mol. The summed E-state index contributed by atoms with van der Waals surface area (Å²) >= 11 is 0. The van der Waals surface area contributed by atoms with E-state index in [1.54, 1.807) is 12.1 Å². The summed E-state index contributed by atoms with van der Waals surface area (Å²) in [6, 6.07) is 6.15. The van der Waals surface area contributed by atoms with E-state index in [1.165, 1.54) is 18.2 Å². The lowest BCUT2D eigenvalue weighted by Gasteiger charge is -2.06. The van der Waals surface area contributed by atoms with Crippen molar-refractivity contribution in [3.8, 4) is 0 Å². The molecule has 0 saturated carbocycles. The Morgan fingerprint density at radius 2 is 2.07 bits per heavy atom. The maximum absolute atomic E-state index is 12.6. The standard InChI is InChI=1S/C11H10FNO2/c12-9-3-1-8(2-4-9)6-13-11-5-10(14)7-15-11/h1-5,13H,6-7H2. The molecule has 0 radical (unpaired) electrons. The molecule has 2 rings (SSSR count). The zero-order valence-corrected chi connectivity index (χ0v) is 8.00. The lowest BCUT2D eigenvalue weighted by atomic mass is 10.2. The molecular formula is C11H10FNO2. The van der Waals surface area contributed by atoms with Gasteiger partial charge in [0.1, 0.15) is 5.82 Å². The number of halogens is 1. The molecule has 0 aliphatic carbocycles. The van der Waals surface area contributed by atoms with Gasteiger partial charge in [-0.2, -0.15) is 0 Å². The van der Waals surface area contributed by atoms with Crippen molar-refractivity contribution in [1.82, 2.24) is 5.32 Å². The average Bonchev–Trinajstić information content (AvgIpc) is 2.64. The van der Waals surface area contributed by atoms with Crippen LogP contribution < -0.4 is 5.32 Å². The minimum Gasteiger partial charge on any atom is -0.471 e. The Kier molecular flexibility index (Phi) is 2.67. The van der Waals surface area contributed by atoms with Crippen molar-refractivity contribution in [3.63, 3.8) is 0 Å². The van der Waals surface area contributed by atoms with Crippen molar-refractivity contribution >= 4 is 5.78 Å². The smallest absolute Gasteiger partial charge is 0.198 e. The molecule has 1 aliphatic heterocycles.